The highest BCUT2D eigenvalue weighted by atomic mass is 15.1. The van der Waals surface area contributed by atoms with Crippen LogP contribution in [0.5, 0.6) is 0 Å². The van der Waals surface area contributed by atoms with E-state index < -0.39 is 0 Å². The van der Waals surface area contributed by atoms with E-state index in [1.807, 2.05) is 30.3 Å². The van der Waals surface area contributed by atoms with Crippen LogP contribution >= 0.6 is 0 Å². The van der Waals surface area contributed by atoms with Crippen molar-refractivity contribution in [2.45, 2.75) is 6.42 Å². The number of rotatable bonds is 2. The van der Waals surface area contributed by atoms with E-state index in [0.29, 0.717) is 0 Å². The lowest BCUT2D eigenvalue weighted by Crippen LogP contribution is -1.88. The largest absolute Gasteiger partial charge is 0.324 e. The van der Waals surface area contributed by atoms with Crippen LogP contribution < -0.4 is 5.84 Å². The lowest BCUT2D eigenvalue weighted by Gasteiger charge is -1.91. The Morgan fingerprint density at radius 3 is 2.60 bits per heavy atom. The van der Waals surface area contributed by atoms with E-state index in [1.165, 1.54) is 5.56 Å². The Bertz CT molecular complexity index is 204. The maximum atomic E-state index is 4.95. The molecule has 1 aromatic carbocycles. The zero-order chi connectivity index (χ0) is 7.23. The Morgan fingerprint density at radius 2 is 2.00 bits per heavy atom. The molecule has 1 rings (SSSR count). The van der Waals surface area contributed by atoms with E-state index in [1.54, 1.807) is 6.21 Å². The highest BCUT2D eigenvalue weighted by molar-refractivity contribution is 5.60. The van der Waals surface area contributed by atoms with Gasteiger partial charge >= 0.3 is 0 Å². The summed E-state index contributed by atoms with van der Waals surface area (Å²) < 4.78 is 0. The molecule has 0 aromatic heterocycles. The Hall–Kier alpha value is -1.31. The standard InChI is InChI=1S/C8H10N2/c9-10-7-6-8-4-2-1-3-5-8/h1-5,7H,6,9H2. The monoisotopic (exact) mass is 134 g/mol. The first-order valence-electron chi connectivity index (χ1n) is 3.19. The fraction of sp³-hybridized carbons (Fsp3) is 0.125. The van der Waals surface area contributed by atoms with Crippen LogP contribution in [0.2, 0.25) is 0 Å². The molecule has 10 heavy (non-hydrogen) atoms. The van der Waals surface area contributed by atoms with Crippen molar-refractivity contribution in [1.82, 2.24) is 0 Å². The number of hydrazone groups is 1. The van der Waals surface area contributed by atoms with Crippen molar-refractivity contribution in [2.75, 3.05) is 0 Å². The number of nitrogens with two attached hydrogens (primary N) is 1. The zero-order valence-corrected chi connectivity index (χ0v) is 5.70. The smallest absolute Gasteiger partial charge is 0.0284 e. The second-order valence-electron chi connectivity index (χ2n) is 2.02. The van der Waals surface area contributed by atoms with Gasteiger partial charge in [0.1, 0.15) is 0 Å². The van der Waals surface area contributed by atoms with E-state index in [9.17, 15) is 0 Å². The summed E-state index contributed by atoms with van der Waals surface area (Å²) in [5, 5.41) is 3.41. The number of benzene rings is 1. The molecule has 0 spiro atoms. The lowest BCUT2D eigenvalue weighted by atomic mass is 10.2. The van der Waals surface area contributed by atoms with Gasteiger partial charge in [0.15, 0.2) is 0 Å². The fourth-order valence-electron chi connectivity index (χ4n) is 0.772. The van der Waals surface area contributed by atoms with Crippen LogP contribution in [-0.2, 0) is 6.42 Å². The summed E-state index contributed by atoms with van der Waals surface area (Å²) in [4.78, 5) is 0. The maximum absolute atomic E-state index is 4.95. The van der Waals surface area contributed by atoms with Gasteiger partial charge < -0.3 is 5.84 Å². The molecule has 2 nitrogen and oxygen atoms in total. The molecule has 0 radical (unpaired) electrons. The third kappa shape index (κ3) is 1.90. The van der Waals surface area contributed by atoms with Crippen LogP contribution in [0.15, 0.2) is 35.4 Å². The van der Waals surface area contributed by atoms with Gasteiger partial charge in [-0.25, -0.2) is 0 Å². The first-order valence-corrected chi connectivity index (χ1v) is 3.19. The highest BCUT2D eigenvalue weighted by Crippen LogP contribution is 1.96. The second kappa shape index (κ2) is 3.67. The molecule has 2 N–H and O–H groups in total. The van der Waals surface area contributed by atoms with Crippen LogP contribution in [0.1, 0.15) is 5.56 Å². The summed E-state index contributed by atoms with van der Waals surface area (Å²) in [7, 11) is 0. The zero-order valence-electron chi connectivity index (χ0n) is 5.70. The van der Waals surface area contributed by atoms with Crippen molar-refractivity contribution >= 4 is 6.21 Å². The first-order chi connectivity index (χ1) is 4.93. The normalized spacial score (nSPS) is 10.4. The first kappa shape index (κ1) is 6.81. The van der Waals surface area contributed by atoms with E-state index in [0.717, 1.165) is 6.42 Å². The molecule has 0 bridgehead atoms. The van der Waals surface area contributed by atoms with Crippen molar-refractivity contribution in [3.8, 4) is 0 Å². The third-order valence-electron chi connectivity index (χ3n) is 1.28. The summed E-state index contributed by atoms with van der Waals surface area (Å²) in [5.74, 6) is 4.95. The van der Waals surface area contributed by atoms with Gasteiger partial charge in [0, 0.05) is 12.6 Å². The molecule has 0 heterocycles. The van der Waals surface area contributed by atoms with E-state index in [4.69, 9.17) is 5.84 Å². The highest BCUT2D eigenvalue weighted by Gasteiger charge is 1.84. The quantitative estimate of drug-likeness (QED) is 0.368. The Balaban J connectivity index is 2.59. The van der Waals surface area contributed by atoms with Crippen LogP contribution in [0.4, 0.5) is 0 Å². The summed E-state index contributed by atoms with van der Waals surface area (Å²) in [6.45, 7) is 0. The Kier molecular flexibility index (Phi) is 2.49. The molecule has 0 aliphatic heterocycles. The molecule has 0 unspecified atom stereocenters. The molecule has 0 aliphatic carbocycles. The number of hydrogen-bond acceptors (Lipinski definition) is 2. The minimum Gasteiger partial charge on any atom is -0.324 e. The minimum absolute atomic E-state index is 0.817. The van der Waals surface area contributed by atoms with E-state index >= 15 is 0 Å². The van der Waals surface area contributed by atoms with Crippen molar-refractivity contribution in [3.05, 3.63) is 35.9 Å². The lowest BCUT2D eigenvalue weighted by molar-refractivity contribution is 1.23. The van der Waals surface area contributed by atoms with Crippen molar-refractivity contribution < 1.29 is 0 Å². The topological polar surface area (TPSA) is 38.4 Å². The average molecular weight is 134 g/mol. The van der Waals surface area contributed by atoms with Crippen molar-refractivity contribution in [3.63, 3.8) is 0 Å². The summed E-state index contributed by atoms with van der Waals surface area (Å²) in [5.41, 5.74) is 1.23. The van der Waals surface area contributed by atoms with Crippen molar-refractivity contribution in [1.29, 1.82) is 0 Å². The summed E-state index contributed by atoms with van der Waals surface area (Å²) in [6, 6.07) is 10.1. The molecule has 52 valence electrons. The number of hydrogen-bond donors (Lipinski definition) is 1. The molecule has 0 saturated heterocycles. The minimum atomic E-state index is 0.817. The molecule has 0 saturated carbocycles. The predicted molar refractivity (Wildman–Crippen MR) is 42.8 cm³/mol. The molecular weight excluding hydrogens is 124 g/mol. The summed E-state index contributed by atoms with van der Waals surface area (Å²) >= 11 is 0. The van der Waals surface area contributed by atoms with Crippen LogP contribution in [0.25, 0.3) is 0 Å². The van der Waals surface area contributed by atoms with Gasteiger partial charge in [-0.2, -0.15) is 5.10 Å². The van der Waals surface area contributed by atoms with Gasteiger partial charge in [-0.15, -0.1) is 0 Å². The predicted octanol–water partition coefficient (Wildman–Crippen LogP) is 1.17. The van der Waals surface area contributed by atoms with Crippen LogP contribution in [-0.4, -0.2) is 6.21 Å². The van der Waals surface area contributed by atoms with Crippen LogP contribution in [0.3, 0.4) is 0 Å². The average Bonchev–Trinajstić information content (AvgIpc) is 2.03. The Labute approximate surface area is 60.4 Å². The fourth-order valence-corrected chi connectivity index (χ4v) is 0.772. The van der Waals surface area contributed by atoms with E-state index in [-0.39, 0.29) is 0 Å². The van der Waals surface area contributed by atoms with E-state index in [2.05, 4.69) is 5.10 Å². The van der Waals surface area contributed by atoms with Gasteiger partial charge in [0.05, 0.1) is 0 Å². The van der Waals surface area contributed by atoms with Gasteiger partial charge in [-0.1, -0.05) is 30.3 Å². The summed E-state index contributed by atoms with van der Waals surface area (Å²) in [6.07, 6.45) is 2.51. The molecule has 1 aromatic rings. The van der Waals surface area contributed by atoms with Gasteiger partial charge in [-0.05, 0) is 5.56 Å². The van der Waals surface area contributed by atoms with Crippen molar-refractivity contribution in [2.24, 2.45) is 10.9 Å². The van der Waals surface area contributed by atoms with Gasteiger partial charge in [-0.3, -0.25) is 0 Å². The molecular formula is C8H10N2. The molecule has 0 fully saturated rings. The SMILES string of the molecule is NN=CCc1ccccc1. The molecule has 0 aliphatic rings. The van der Waals surface area contributed by atoms with Gasteiger partial charge in [0.2, 0.25) is 0 Å². The molecule has 0 atom stereocenters. The van der Waals surface area contributed by atoms with Crippen LogP contribution in [0, 0.1) is 0 Å². The Morgan fingerprint density at radius 1 is 1.30 bits per heavy atom. The van der Waals surface area contributed by atoms with Gasteiger partial charge in [0.25, 0.3) is 0 Å². The third-order valence-corrected chi connectivity index (χ3v) is 1.28. The molecule has 0 amide bonds. The molecule has 2 heteroatoms. The number of nitrogens with zero attached hydrogens (tertiary/aromatic N) is 1. The maximum Gasteiger partial charge on any atom is 0.0284 e. The second-order valence-corrected chi connectivity index (χ2v) is 2.02.